The molecule has 3 fully saturated rings. The summed E-state index contributed by atoms with van der Waals surface area (Å²) in [5.74, 6) is 0.163. The minimum absolute atomic E-state index is 0.000220. The SMILES string of the molecule is CN(C)C(=O)[C@H]1CN2CC[C@@H]1[C@H](O)[C@H]2C(c1ccccc1)c1ccccc1. The minimum atomic E-state index is -0.508. The van der Waals surface area contributed by atoms with Crippen molar-refractivity contribution in [2.75, 3.05) is 27.2 Å². The Balaban J connectivity index is 1.71. The maximum Gasteiger partial charge on any atom is 0.226 e. The van der Waals surface area contributed by atoms with E-state index in [1.54, 1.807) is 19.0 Å². The van der Waals surface area contributed by atoms with E-state index in [1.165, 1.54) is 11.1 Å². The lowest BCUT2D eigenvalue weighted by molar-refractivity contribution is -0.154. The molecule has 142 valence electrons. The van der Waals surface area contributed by atoms with Crippen molar-refractivity contribution in [2.24, 2.45) is 11.8 Å². The number of fused-ring (bicyclic) bond motifs is 3. The Hall–Kier alpha value is -2.17. The molecular formula is C23H28N2O2. The van der Waals surface area contributed by atoms with Crippen molar-refractivity contribution in [1.82, 2.24) is 9.80 Å². The Labute approximate surface area is 161 Å². The lowest BCUT2D eigenvalue weighted by Gasteiger charge is -2.55. The number of amides is 1. The highest BCUT2D eigenvalue weighted by atomic mass is 16.3. The Morgan fingerprint density at radius 1 is 1.04 bits per heavy atom. The second-order valence-corrected chi connectivity index (χ2v) is 8.07. The summed E-state index contributed by atoms with van der Waals surface area (Å²) in [5, 5.41) is 11.3. The topological polar surface area (TPSA) is 43.8 Å². The third kappa shape index (κ3) is 3.28. The molecule has 3 aliphatic rings. The lowest BCUT2D eigenvalue weighted by Crippen LogP contribution is -2.65. The number of rotatable bonds is 4. The molecule has 4 heteroatoms. The van der Waals surface area contributed by atoms with Crippen molar-refractivity contribution in [2.45, 2.75) is 24.5 Å². The number of aliphatic hydroxyl groups excluding tert-OH is 1. The van der Waals surface area contributed by atoms with Gasteiger partial charge in [-0.25, -0.2) is 0 Å². The van der Waals surface area contributed by atoms with Crippen molar-refractivity contribution in [1.29, 1.82) is 0 Å². The number of hydrogen-bond donors (Lipinski definition) is 1. The summed E-state index contributed by atoms with van der Waals surface area (Å²) in [6, 6.07) is 20.9. The summed E-state index contributed by atoms with van der Waals surface area (Å²) in [5.41, 5.74) is 2.44. The van der Waals surface area contributed by atoms with E-state index in [4.69, 9.17) is 0 Å². The maximum atomic E-state index is 12.6. The average Bonchev–Trinajstić information content (AvgIpc) is 2.71. The zero-order valence-electron chi connectivity index (χ0n) is 16.0. The van der Waals surface area contributed by atoms with Gasteiger partial charge in [0.05, 0.1) is 12.0 Å². The molecule has 3 aliphatic heterocycles. The molecule has 2 aromatic carbocycles. The van der Waals surface area contributed by atoms with Gasteiger partial charge in [0, 0.05) is 38.5 Å². The van der Waals surface area contributed by atoms with Crippen molar-refractivity contribution in [3.05, 3.63) is 71.8 Å². The normalized spacial score (nSPS) is 29.7. The number of nitrogens with zero attached hydrogens (tertiary/aromatic N) is 2. The van der Waals surface area contributed by atoms with Crippen LogP contribution < -0.4 is 0 Å². The highest BCUT2D eigenvalue weighted by molar-refractivity contribution is 5.79. The molecule has 3 saturated heterocycles. The summed E-state index contributed by atoms with van der Waals surface area (Å²) < 4.78 is 0. The number of carbonyl (C=O) groups is 1. The van der Waals surface area contributed by atoms with E-state index in [2.05, 4.69) is 53.4 Å². The van der Waals surface area contributed by atoms with Gasteiger partial charge < -0.3 is 10.0 Å². The van der Waals surface area contributed by atoms with Crippen LogP contribution in [-0.4, -0.2) is 60.1 Å². The number of aliphatic hydroxyl groups is 1. The first-order valence-corrected chi connectivity index (χ1v) is 9.81. The van der Waals surface area contributed by atoms with E-state index in [0.717, 1.165) is 19.5 Å². The van der Waals surface area contributed by atoms with E-state index in [1.807, 2.05) is 12.1 Å². The zero-order valence-corrected chi connectivity index (χ0v) is 16.0. The quantitative estimate of drug-likeness (QED) is 0.907. The lowest BCUT2D eigenvalue weighted by atomic mass is 9.67. The Kier molecular flexibility index (Phi) is 5.02. The van der Waals surface area contributed by atoms with Gasteiger partial charge in [-0.1, -0.05) is 60.7 Å². The summed E-state index contributed by atoms with van der Waals surface area (Å²) in [4.78, 5) is 16.7. The molecule has 1 N–H and O–H groups in total. The Morgan fingerprint density at radius 3 is 2.07 bits per heavy atom. The first-order chi connectivity index (χ1) is 13.1. The van der Waals surface area contributed by atoms with Gasteiger partial charge in [0.2, 0.25) is 5.91 Å². The van der Waals surface area contributed by atoms with Crippen LogP contribution in [0.5, 0.6) is 0 Å². The monoisotopic (exact) mass is 364 g/mol. The first-order valence-electron chi connectivity index (χ1n) is 9.81. The summed E-state index contributed by atoms with van der Waals surface area (Å²) in [6.45, 7) is 1.68. The standard InChI is InChI=1S/C23H28N2O2/c1-24(2)23(27)19-15-25-14-13-18(19)22(26)21(25)20(16-9-5-3-6-10-16)17-11-7-4-8-12-17/h3-12,18-22,26H,13-15H2,1-2H3/t18-,19-,21+,22-/m0/s1. The van der Waals surface area contributed by atoms with Crippen LogP contribution in [0.25, 0.3) is 0 Å². The molecule has 0 aliphatic carbocycles. The van der Waals surface area contributed by atoms with Gasteiger partial charge in [-0.2, -0.15) is 0 Å². The molecule has 4 nitrogen and oxygen atoms in total. The van der Waals surface area contributed by atoms with Crippen LogP contribution >= 0.6 is 0 Å². The van der Waals surface area contributed by atoms with Crippen molar-refractivity contribution >= 4 is 5.91 Å². The van der Waals surface area contributed by atoms with E-state index >= 15 is 0 Å². The molecule has 0 spiro atoms. The summed E-state index contributed by atoms with van der Waals surface area (Å²) in [6.07, 6.45) is 0.380. The van der Waals surface area contributed by atoms with Crippen molar-refractivity contribution in [3.63, 3.8) is 0 Å². The summed E-state index contributed by atoms with van der Waals surface area (Å²) >= 11 is 0. The second kappa shape index (κ2) is 7.45. The molecule has 0 saturated carbocycles. The molecule has 1 unspecified atom stereocenters. The van der Waals surface area contributed by atoms with Gasteiger partial charge in [0.25, 0.3) is 0 Å². The minimum Gasteiger partial charge on any atom is -0.391 e. The van der Waals surface area contributed by atoms with E-state index in [-0.39, 0.29) is 29.7 Å². The van der Waals surface area contributed by atoms with Crippen LogP contribution in [0.3, 0.4) is 0 Å². The van der Waals surface area contributed by atoms with Gasteiger partial charge in [0.15, 0.2) is 0 Å². The van der Waals surface area contributed by atoms with Crippen LogP contribution in [-0.2, 0) is 4.79 Å². The van der Waals surface area contributed by atoms with Gasteiger partial charge >= 0.3 is 0 Å². The van der Waals surface area contributed by atoms with E-state index < -0.39 is 6.10 Å². The fourth-order valence-corrected chi connectivity index (χ4v) is 5.05. The largest absolute Gasteiger partial charge is 0.391 e. The van der Waals surface area contributed by atoms with Gasteiger partial charge in [-0.05, 0) is 24.1 Å². The van der Waals surface area contributed by atoms with Crippen molar-refractivity contribution < 1.29 is 9.90 Å². The molecular weight excluding hydrogens is 336 g/mol. The number of piperidine rings is 3. The fourth-order valence-electron chi connectivity index (χ4n) is 5.05. The van der Waals surface area contributed by atoms with Crippen LogP contribution in [0.2, 0.25) is 0 Å². The summed E-state index contributed by atoms with van der Waals surface area (Å²) in [7, 11) is 3.61. The molecule has 1 amide bonds. The predicted octanol–water partition coefficient (Wildman–Crippen LogP) is 2.59. The molecule has 5 rings (SSSR count). The molecule has 2 bridgehead atoms. The predicted molar refractivity (Wildman–Crippen MR) is 106 cm³/mol. The molecule has 5 atom stereocenters. The number of hydrogen-bond acceptors (Lipinski definition) is 3. The van der Waals surface area contributed by atoms with E-state index in [9.17, 15) is 9.90 Å². The van der Waals surface area contributed by atoms with Gasteiger partial charge in [-0.3, -0.25) is 9.69 Å². The van der Waals surface area contributed by atoms with Crippen LogP contribution in [0, 0.1) is 11.8 Å². The van der Waals surface area contributed by atoms with Gasteiger partial charge in [-0.15, -0.1) is 0 Å². The highest BCUT2D eigenvalue weighted by Crippen LogP contribution is 2.44. The zero-order chi connectivity index (χ0) is 19.0. The van der Waals surface area contributed by atoms with Crippen LogP contribution in [0.4, 0.5) is 0 Å². The molecule has 3 heterocycles. The Bertz CT molecular complexity index is 736. The smallest absolute Gasteiger partial charge is 0.226 e. The van der Waals surface area contributed by atoms with Crippen LogP contribution in [0.1, 0.15) is 23.5 Å². The highest BCUT2D eigenvalue weighted by Gasteiger charge is 2.52. The molecule has 2 aromatic rings. The fraction of sp³-hybridized carbons (Fsp3) is 0.435. The first kappa shape index (κ1) is 18.2. The number of benzene rings is 2. The second-order valence-electron chi connectivity index (χ2n) is 8.07. The average molecular weight is 364 g/mol. The maximum absolute atomic E-state index is 12.6. The molecule has 27 heavy (non-hydrogen) atoms. The third-order valence-corrected chi connectivity index (χ3v) is 6.32. The molecule has 0 radical (unpaired) electrons. The molecule has 0 aromatic heterocycles. The van der Waals surface area contributed by atoms with Crippen LogP contribution in [0.15, 0.2) is 60.7 Å². The van der Waals surface area contributed by atoms with Crippen molar-refractivity contribution in [3.8, 4) is 0 Å². The van der Waals surface area contributed by atoms with E-state index in [0.29, 0.717) is 0 Å². The van der Waals surface area contributed by atoms with Gasteiger partial charge in [0.1, 0.15) is 0 Å². The third-order valence-electron chi connectivity index (χ3n) is 6.32. The Morgan fingerprint density at radius 2 is 1.59 bits per heavy atom. The number of carbonyl (C=O) groups excluding carboxylic acids is 1.